The fraction of sp³-hybridized carbons (Fsp3) is 0.379. The van der Waals surface area contributed by atoms with Crippen molar-refractivity contribution in [2.24, 2.45) is 11.1 Å². The van der Waals surface area contributed by atoms with Gasteiger partial charge < -0.3 is 24.8 Å². The summed E-state index contributed by atoms with van der Waals surface area (Å²) in [5.41, 5.74) is 10.1. The standard InChI is InChI=1S/C29H33N3O4/c1-29(2)15-22-27(23(33)16-29)26(21(17-30)28(31)32(22)12-13-34-3)20-10-11-24(25(14-20)35-4)36-18-19-8-6-5-7-9-19/h5-11,14,26H,12-13,15-16,18,31H2,1-4H3/t26-/m1/s1. The van der Waals surface area contributed by atoms with E-state index in [4.69, 9.17) is 19.9 Å². The Morgan fingerprint density at radius 1 is 1.11 bits per heavy atom. The molecule has 2 aromatic carbocycles. The van der Waals surface area contributed by atoms with Gasteiger partial charge in [0.05, 0.1) is 31.3 Å². The highest BCUT2D eigenvalue weighted by Gasteiger charge is 2.44. The Hall–Kier alpha value is -3.76. The SMILES string of the molecule is COCCN1C(N)=C(C#N)[C@@H](c2ccc(OCc3ccccc3)c(OC)c2)C2=C1CC(C)(C)CC2=O. The van der Waals surface area contributed by atoms with E-state index >= 15 is 0 Å². The van der Waals surface area contributed by atoms with Crippen LogP contribution in [-0.2, 0) is 16.1 Å². The maximum Gasteiger partial charge on any atom is 0.162 e. The number of benzene rings is 2. The summed E-state index contributed by atoms with van der Waals surface area (Å²) in [6, 6.07) is 17.7. The average Bonchev–Trinajstić information content (AvgIpc) is 2.86. The first-order chi connectivity index (χ1) is 17.3. The molecule has 1 aliphatic carbocycles. The van der Waals surface area contributed by atoms with Crippen LogP contribution in [0.5, 0.6) is 11.5 Å². The number of ether oxygens (including phenoxy) is 3. The number of ketones is 1. The number of carbonyl (C=O) groups is 1. The normalized spacial score (nSPS) is 19.1. The molecule has 1 heterocycles. The Morgan fingerprint density at radius 2 is 1.86 bits per heavy atom. The van der Waals surface area contributed by atoms with Gasteiger partial charge in [-0.2, -0.15) is 5.26 Å². The van der Waals surface area contributed by atoms with Crippen LogP contribution < -0.4 is 15.2 Å². The van der Waals surface area contributed by atoms with Gasteiger partial charge >= 0.3 is 0 Å². The summed E-state index contributed by atoms with van der Waals surface area (Å²) in [5, 5.41) is 10.2. The summed E-state index contributed by atoms with van der Waals surface area (Å²) in [4.78, 5) is 15.4. The van der Waals surface area contributed by atoms with Gasteiger partial charge in [-0.25, -0.2) is 0 Å². The summed E-state index contributed by atoms with van der Waals surface area (Å²) in [7, 11) is 3.20. The van der Waals surface area contributed by atoms with Crippen LogP contribution in [0.4, 0.5) is 0 Å². The van der Waals surface area contributed by atoms with E-state index in [9.17, 15) is 10.1 Å². The van der Waals surface area contributed by atoms with Crippen LogP contribution in [0.2, 0.25) is 0 Å². The third kappa shape index (κ3) is 4.95. The average molecular weight is 488 g/mol. The molecule has 7 nitrogen and oxygen atoms in total. The second-order valence-corrected chi connectivity index (χ2v) is 9.97. The lowest BCUT2D eigenvalue weighted by Crippen LogP contribution is -2.43. The molecule has 0 spiro atoms. The van der Waals surface area contributed by atoms with E-state index in [-0.39, 0.29) is 11.2 Å². The molecule has 2 aliphatic rings. The van der Waals surface area contributed by atoms with E-state index in [1.165, 1.54) is 0 Å². The summed E-state index contributed by atoms with van der Waals surface area (Å²) < 4.78 is 17.0. The van der Waals surface area contributed by atoms with Gasteiger partial charge in [-0.1, -0.05) is 50.2 Å². The van der Waals surface area contributed by atoms with Gasteiger partial charge in [0.2, 0.25) is 0 Å². The predicted octanol–water partition coefficient (Wildman–Crippen LogP) is 4.66. The number of rotatable bonds is 8. The van der Waals surface area contributed by atoms with Gasteiger partial charge in [0, 0.05) is 31.3 Å². The zero-order chi connectivity index (χ0) is 25.9. The van der Waals surface area contributed by atoms with Crippen molar-refractivity contribution in [1.29, 1.82) is 5.26 Å². The van der Waals surface area contributed by atoms with Crippen molar-refractivity contribution in [1.82, 2.24) is 4.90 Å². The van der Waals surface area contributed by atoms with Crippen LogP contribution in [0.3, 0.4) is 0 Å². The predicted molar refractivity (Wildman–Crippen MR) is 137 cm³/mol. The highest BCUT2D eigenvalue weighted by atomic mass is 16.5. The number of nitrogens with two attached hydrogens (primary N) is 1. The topological polar surface area (TPSA) is 97.8 Å². The quantitative estimate of drug-likeness (QED) is 0.578. The Kier molecular flexibility index (Phi) is 7.37. The molecule has 0 bridgehead atoms. The van der Waals surface area contributed by atoms with E-state index < -0.39 is 5.92 Å². The number of nitriles is 1. The van der Waals surface area contributed by atoms with E-state index in [2.05, 4.69) is 19.9 Å². The van der Waals surface area contributed by atoms with Gasteiger partial charge in [-0.15, -0.1) is 0 Å². The second-order valence-electron chi connectivity index (χ2n) is 9.97. The van der Waals surface area contributed by atoms with Crippen LogP contribution in [-0.4, -0.2) is 38.1 Å². The molecule has 0 unspecified atom stereocenters. The van der Waals surface area contributed by atoms with Crippen LogP contribution in [0.1, 0.15) is 43.7 Å². The molecule has 2 N–H and O–H groups in total. The second kappa shape index (κ2) is 10.5. The Morgan fingerprint density at radius 3 is 2.53 bits per heavy atom. The third-order valence-electron chi connectivity index (χ3n) is 6.76. The van der Waals surface area contributed by atoms with Crippen molar-refractivity contribution in [3.8, 4) is 17.6 Å². The highest BCUT2D eigenvalue weighted by molar-refractivity contribution is 6.00. The first kappa shape index (κ1) is 25.3. The van der Waals surface area contributed by atoms with E-state index in [1.807, 2.05) is 53.4 Å². The number of methoxy groups -OCH3 is 2. The monoisotopic (exact) mass is 487 g/mol. The lowest BCUT2D eigenvalue weighted by atomic mass is 9.68. The Balaban J connectivity index is 1.76. The van der Waals surface area contributed by atoms with Gasteiger partial charge in [0.25, 0.3) is 0 Å². The maximum absolute atomic E-state index is 13.6. The number of hydrogen-bond donors (Lipinski definition) is 1. The Bertz CT molecular complexity index is 1240. The molecule has 1 atom stereocenters. The Labute approximate surface area is 212 Å². The van der Waals surface area contributed by atoms with Crippen molar-refractivity contribution in [2.45, 2.75) is 39.2 Å². The number of Topliss-reactive ketones (excluding diaryl/α,β-unsaturated/α-hetero) is 1. The molecule has 0 saturated carbocycles. The van der Waals surface area contributed by atoms with Crippen molar-refractivity contribution in [3.05, 3.63) is 82.3 Å². The summed E-state index contributed by atoms with van der Waals surface area (Å²) >= 11 is 0. The molecule has 36 heavy (non-hydrogen) atoms. The summed E-state index contributed by atoms with van der Waals surface area (Å²) in [6.07, 6.45) is 1.09. The highest BCUT2D eigenvalue weighted by Crippen LogP contribution is 2.49. The minimum atomic E-state index is -0.565. The van der Waals surface area contributed by atoms with Crippen molar-refractivity contribution >= 4 is 5.78 Å². The first-order valence-electron chi connectivity index (χ1n) is 12.1. The zero-order valence-corrected chi connectivity index (χ0v) is 21.3. The number of nitrogens with zero attached hydrogens (tertiary/aromatic N) is 2. The molecule has 1 aliphatic heterocycles. The summed E-state index contributed by atoms with van der Waals surface area (Å²) in [5.74, 6) is 0.962. The molecule has 0 fully saturated rings. The molecule has 0 aromatic heterocycles. The third-order valence-corrected chi connectivity index (χ3v) is 6.76. The van der Waals surface area contributed by atoms with Crippen molar-refractivity contribution in [3.63, 3.8) is 0 Å². The van der Waals surface area contributed by atoms with Crippen LogP contribution >= 0.6 is 0 Å². The van der Waals surface area contributed by atoms with Crippen LogP contribution in [0, 0.1) is 16.7 Å². The van der Waals surface area contributed by atoms with E-state index in [0.29, 0.717) is 61.1 Å². The molecule has 2 aromatic rings. The molecular weight excluding hydrogens is 454 g/mol. The minimum Gasteiger partial charge on any atom is -0.493 e. The number of allylic oxidation sites excluding steroid dienone is 3. The van der Waals surface area contributed by atoms with Gasteiger partial charge in [0.15, 0.2) is 17.3 Å². The van der Waals surface area contributed by atoms with Crippen LogP contribution in [0.25, 0.3) is 0 Å². The zero-order valence-electron chi connectivity index (χ0n) is 21.3. The largest absolute Gasteiger partial charge is 0.493 e. The number of hydrogen-bond acceptors (Lipinski definition) is 7. The molecule has 0 amide bonds. The maximum atomic E-state index is 13.6. The molecule has 0 saturated heterocycles. The minimum absolute atomic E-state index is 0.0392. The van der Waals surface area contributed by atoms with E-state index in [0.717, 1.165) is 16.8 Å². The lowest BCUT2D eigenvalue weighted by Gasteiger charge is -2.43. The molecule has 7 heteroatoms. The first-order valence-corrected chi connectivity index (χ1v) is 12.1. The van der Waals surface area contributed by atoms with Gasteiger partial charge in [-0.05, 0) is 35.1 Å². The molecule has 0 radical (unpaired) electrons. The van der Waals surface area contributed by atoms with Crippen molar-refractivity contribution < 1.29 is 19.0 Å². The fourth-order valence-electron chi connectivity index (χ4n) is 5.06. The molecular formula is C29H33N3O4. The molecule has 4 rings (SSSR count). The fourth-order valence-corrected chi connectivity index (χ4v) is 5.06. The van der Waals surface area contributed by atoms with E-state index in [1.54, 1.807) is 14.2 Å². The van der Waals surface area contributed by atoms with Crippen molar-refractivity contribution in [2.75, 3.05) is 27.4 Å². The molecule has 188 valence electrons. The smallest absolute Gasteiger partial charge is 0.162 e. The lowest BCUT2D eigenvalue weighted by molar-refractivity contribution is -0.118. The number of carbonyl (C=O) groups excluding carboxylic acids is 1. The van der Waals surface area contributed by atoms with Gasteiger partial charge in [-0.3, -0.25) is 4.79 Å². The summed E-state index contributed by atoms with van der Waals surface area (Å²) in [6.45, 7) is 5.46. The van der Waals surface area contributed by atoms with Gasteiger partial charge in [0.1, 0.15) is 12.4 Å². The van der Waals surface area contributed by atoms with Crippen LogP contribution in [0.15, 0.2) is 71.2 Å².